The van der Waals surface area contributed by atoms with E-state index in [1.54, 1.807) is 12.4 Å². The third-order valence-corrected chi connectivity index (χ3v) is 5.05. The number of carbonyl (C=O) groups excluding carboxylic acids is 2. The molecule has 0 aliphatic heterocycles. The second-order valence-electron chi connectivity index (χ2n) is 8.11. The molecule has 4 heteroatoms. The van der Waals surface area contributed by atoms with Crippen molar-refractivity contribution in [3.8, 4) is 11.1 Å². The Morgan fingerprint density at radius 2 is 1.55 bits per heavy atom. The highest BCUT2D eigenvalue weighted by Crippen LogP contribution is 2.39. The van der Waals surface area contributed by atoms with E-state index in [1.165, 1.54) is 6.42 Å². The summed E-state index contributed by atoms with van der Waals surface area (Å²) in [6, 6.07) is 4.03. The molecule has 0 saturated heterocycles. The normalized spacial score (nSPS) is 18.4. The number of aryl methyl sites for hydroxylation is 3. The maximum absolute atomic E-state index is 12.9. The first-order valence-electron chi connectivity index (χ1n) is 10.3. The lowest BCUT2D eigenvalue weighted by Gasteiger charge is -2.17. The van der Waals surface area contributed by atoms with E-state index in [9.17, 15) is 9.59 Å². The highest BCUT2D eigenvalue weighted by atomic mass is 16.2. The lowest BCUT2D eigenvalue weighted by molar-refractivity contribution is -0.124. The molecule has 2 atom stereocenters. The van der Waals surface area contributed by atoms with Gasteiger partial charge in [0.15, 0.2) is 5.78 Å². The molecule has 154 valence electrons. The summed E-state index contributed by atoms with van der Waals surface area (Å²) < 4.78 is 0. The summed E-state index contributed by atoms with van der Waals surface area (Å²) in [5.74, 6) is -0.0735. The quantitative estimate of drug-likeness (QED) is 0.495. The largest absolute Gasteiger partial charge is 0.298 e. The Morgan fingerprint density at radius 3 is 2.03 bits per heavy atom. The first-order chi connectivity index (χ1) is 13.7. The maximum Gasteiger partial charge on any atom is 0.151 e. The number of rotatable bonds is 4. The van der Waals surface area contributed by atoms with Crippen LogP contribution in [0.15, 0.2) is 36.7 Å². The predicted octanol–water partition coefficient (Wildman–Crippen LogP) is 5.69. The summed E-state index contributed by atoms with van der Waals surface area (Å²) in [6.07, 6.45) is 5.76. The van der Waals surface area contributed by atoms with Gasteiger partial charge in [-0.2, -0.15) is 0 Å². The van der Waals surface area contributed by atoms with E-state index < -0.39 is 5.92 Å². The van der Waals surface area contributed by atoms with Gasteiger partial charge in [-0.15, -0.1) is 6.58 Å². The SMILES string of the molecule is C=C(C)CC1CC(=O)C(c2c(C)cc(-c3cnc(C)nc3)cc2C)C1=O.CCC. The van der Waals surface area contributed by atoms with Gasteiger partial charge < -0.3 is 0 Å². The van der Waals surface area contributed by atoms with Crippen molar-refractivity contribution in [2.45, 2.75) is 66.7 Å². The van der Waals surface area contributed by atoms with Crippen LogP contribution in [0.2, 0.25) is 0 Å². The van der Waals surface area contributed by atoms with Crippen molar-refractivity contribution in [1.82, 2.24) is 9.97 Å². The maximum atomic E-state index is 12.9. The number of hydrogen-bond acceptors (Lipinski definition) is 4. The number of benzene rings is 1. The number of allylic oxidation sites excluding steroid dienone is 1. The van der Waals surface area contributed by atoms with Crippen LogP contribution in [0.4, 0.5) is 0 Å². The smallest absolute Gasteiger partial charge is 0.151 e. The first kappa shape index (κ1) is 22.7. The van der Waals surface area contributed by atoms with Crippen LogP contribution in [-0.4, -0.2) is 21.5 Å². The third kappa shape index (κ3) is 5.26. The Morgan fingerprint density at radius 1 is 1.03 bits per heavy atom. The van der Waals surface area contributed by atoms with Crippen LogP contribution in [0, 0.1) is 26.7 Å². The fraction of sp³-hybridized carbons (Fsp3) is 0.440. The van der Waals surface area contributed by atoms with Crippen LogP contribution in [0.3, 0.4) is 0 Å². The topological polar surface area (TPSA) is 59.9 Å². The van der Waals surface area contributed by atoms with Crippen molar-refractivity contribution in [3.63, 3.8) is 0 Å². The van der Waals surface area contributed by atoms with Crippen LogP contribution in [0.25, 0.3) is 11.1 Å². The minimum Gasteiger partial charge on any atom is -0.298 e. The fourth-order valence-corrected chi connectivity index (χ4v) is 3.89. The number of hydrogen-bond donors (Lipinski definition) is 0. The van der Waals surface area contributed by atoms with E-state index in [0.29, 0.717) is 12.8 Å². The molecule has 2 aromatic rings. The minimum absolute atomic E-state index is 0.0267. The van der Waals surface area contributed by atoms with Crippen molar-refractivity contribution in [2.24, 2.45) is 5.92 Å². The zero-order valence-electron chi connectivity index (χ0n) is 18.5. The third-order valence-electron chi connectivity index (χ3n) is 5.05. The zero-order chi connectivity index (χ0) is 21.7. The van der Waals surface area contributed by atoms with Crippen LogP contribution in [0.5, 0.6) is 0 Å². The lowest BCUT2D eigenvalue weighted by Crippen LogP contribution is -2.18. The Kier molecular flexibility index (Phi) is 7.60. The Balaban J connectivity index is 0.000000941. The van der Waals surface area contributed by atoms with Gasteiger partial charge in [0.1, 0.15) is 17.5 Å². The minimum atomic E-state index is -0.636. The predicted molar refractivity (Wildman–Crippen MR) is 118 cm³/mol. The van der Waals surface area contributed by atoms with E-state index in [0.717, 1.165) is 39.2 Å². The standard InChI is InChI=1S/C22H24N2O2.C3H8/c1-12(2)6-17-9-19(25)21(22(17)26)20-13(3)7-16(8-14(20)4)18-10-23-15(5)24-11-18;1-3-2/h7-8,10-11,17,21H,1,6,9H2,2-5H3;3H2,1-2H3. The van der Waals surface area contributed by atoms with Crippen LogP contribution in [-0.2, 0) is 9.59 Å². The van der Waals surface area contributed by atoms with Crippen LogP contribution in [0.1, 0.15) is 68.5 Å². The van der Waals surface area contributed by atoms with Crippen molar-refractivity contribution >= 4 is 11.6 Å². The molecule has 1 fully saturated rings. The average Bonchev–Trinajstić information content (AvgIpc) is 2.89. The van der Waals surface area contributed by atoms with Gasteiger partial charge in [-0.05, 0) is 56.4 Å². The molecule has 1 aromatic heterocycles. The molecule has 1 heterocycles. The summed E-state index contributed by atoms with van der Waals surface area (Å²) in [4.78, 5) is 34.0. The van der Waals surface area contributed by atoms with Gasteiger partial charge in [0.05, 0.1) is 0 Å². The van der Waals surface area contributed by atoms with Crippen molar-refractivity contribution in [1.29, 1.82) is 0 Å². The molecule has 4 nitrogen and oxygen atoms in total. The highest BCUT2D eigenvalue weighted by molar-refractivity contribution is 6.15. The second-order valence-corrected chi connectivity index (χ2v) is 8.11. The highest BCUT2D eigenvalue weighted by Gasteiger charge is 2.42. The Hall–Kier alpha value is -2.62. The summed E-state index contributed by atoms with van der Waals surface area (Å²) in [6.45, 7) is 15.8. The first-order valence-corrected chi connectivity index (χ1v) is 10.3. The zero-order valence-corrected chi connectivity index (χ0v) is 18.5. The fourth-order valence-electron chi connectivity index (χ4n) is 3.89. The molecule has 1 aliphatic carbocycles. The van der Waals surface area contributed by atoms with Gasteiger partial charge in [0.2, 0.25) is 0 Å². The van der Waals surface area contributed by atoms with Gasteiger partial charge >= 0.3 is 0 Å². The molecule has 1 saturated carbocycles. The molecule has 3 rings (SSSR count). The molecule has 0 radical (unpaired) electrons. The van der Waals surface area contributed by atoms with Gasteiger partial charge in [0.25, 0.3) is 0 Å². The van der Waals surface area contributed by atoms with Gasteiger partial charge in [-0.3, -0.25) is 9.59 Å². The monoisotopic (exact) mass is 392 g/mol. The average molecular weight is 393 g/mol. The number of Topliss-reactive ketones (excluding diaryl/α,β-unsaturated/α-hetero) is 2. The van der Waals surface area contributed by atoms with E-state index in [2.05, 4.69) is 30.4 Å². The molecule has 0 N–H and O–H groups in total. The molecule has 29 heavy (non-hydrogen) atoms. The Labute approximate surface area is 174 Å². The summed E-state index contributed by atoms with van der Waals surface area (Å²) in [7, 11) is 0. The molecule has 2 unspecified atom stereocenters. The van der Waals surface area contributed by atoms with Gasteiger partial charge in [-0.25, -0.2) is 9.97 Å². The summed E-state index contributed by atoms with van der Waals surface area (Å²) in [5, 5.41) is 0. The molecule has 1 aliphatic rings. The number of carbonyl (C=O) groups is 2. The van der Waals surface area contributed by atoms with Crippen molar-refractivity contribution < 1.29 is 9.59 Å². The molecule has 0 amide bonds. The summed E-state index contributed by atoms with van der Waals surface area (Å²) >= 11 is 0. The van der Waals surface area contributed by atoms with Crippen molar-refractivity contribution in [3.05, 3.63) is 59.2 Å². The van der Waals surface area contributed by atoms with E-state index >= 15 is 0 Å². The van der Waals surface area contributed by atoms with E-state index in [4.69, 9.17) is 0 Å². The molecule has 0 spiro atoms. The van der Waals surface area contributed by atoms with E-state index in [-0.39, 0.29) is 17.5 Å². The number of aromatic nitrogens is 2. The van der Waals surface area contributed by atoms with E-state index in [1.807, 2.05) is 39.8 Å². The molecular formula is C25H32N2O2. The van der Waals surface area contributed by atoms with Gasteiger partial charge in [0, 0.05) is 30.3 Å². The van der Waals surface area contributed by atoms with Crippen LogP contribution >= 0.6 is 0 Å². The molecular weight excluding hydrogens is 360 g/mol. The van der Waals surface area contributed by atoms with Gasteiger partial charge in [-0.1, -0.05) is 38.0 Å². The lowest BCUT2D eigenvalue weighted by atomic mass is 9.85. The second kappa shape index (κ2) is 9.73. The molecule has 1 aromatic carbocycles. The van der Waals surface area contributed by atoms with Crippen molar-refractivity contribution in [2.75, 3.05) is 0 Å². The Bertz CT molecular complexity index is 890. The number of nitrogens with zero attached hydrogens (tertiary/aromatic N) is 2. The summed E-state index contributed by atoms with van der Waals surface area (Å²) in [5.41, 5.74) is 5.66. The number of ketones is 2. The van der Waals surface area contributed by atoms with Crippen LogP contribution < -0.4 is 0 Å². The molecule has 0 bridgehead atoms.